The monoisotopic (exact) mass is 174 g/mol. The molecule has 0 bridgehead atoms. The van der Waals surface area contributed by atoms with E-state index >= 15 is 0 Å². The minimum absolute atomic E-state index is 0.382. The first kappa shape index (κ1) is 8.24. The Bertz CT molecular complexity index is 432. The summed E-state index contributed by atoms with van der Waals surface area (Å²) in [4.78, 5) is 0. The Hall–Kier alpha value is -1.37. The molecule has 2 aromatic rings. The molecule has 2 aromatic carbocycles. The van der Waals surface area contributed by atoms with E-state index < -0.39 is 0 Å². The van der Waals surface area contributed by atoms with Gasteiger partial charge in [0.1, 0.15) is 6.67 Å². The van der Waals surface area contributed by atoms with Crippen LogP contribution >= 0.6 is 0 Å². The molecule has 0 saturated heterocycles. The van der Waals surface area contributed by atoms with Gasteiger partial charge in [-0.25, -0.2) is 4.39 Å². The standard InChI is InChI=1S/C12H11F/c1-9-6-7-10-4-2-3-5-11(10)12(9)8-13/h2-7H,8H2,1H3. The molecule has 0 saturated carbocycles. The predicted molar refractivity (Wildman–Crippen MR) is 53.5 cm³/mol. The first-order valence-electron chi connectivity index (χ1n) is 4.36. The van der Waals surface area contributed by atoms with Crippen LogP contribution in [0.15, 0.2) is 36.4 Å². The van der Waals surface area contributed by atoms with Crippen molar-refractivity contribution in [3.63, 3.8) is 0 Å². The Labute approximate surface area is 77.0 Å². The molecule has 0 unspecified atom stereocenters. The summed E-state index contributed by atoms with van der Waals surface area (Å²) in [6, 6.07) is 11.9. The van der Waals surface area contributed by atoms with Gasteiger partial charge in [0.15, 0.2) is 0 Å². The third-order valence-electron chi connectivity index (χ3n) is 2.41. The average Bonchev–Trinajstić information content (AvgIpc) is 2.18. The zero-order valence-electron chi connectivity index (χ0n) is 7.55. The van der Waals surface area contributed by atoms with E-state index in [1.807, 2.05) is 43.3 Å². The summed E-state index contributed by atoms with van der Waals surface area (Å²) in [5, 5.41) is 2.14. The van der Waals surface area contributed by atoms with E-state index in [-0.39, 0.29) is 6.67 Å². The molecule has 0 fully saturated rings. The molecule has 0 aliphatic heterocycles. The molecule has 0 radical (unpaired) electrons. The van der Waals surface area contributed by atoms with Gasteiger partial charge in [-0.05, 0) is 28.8 Å². The molecule has 0 aliphatic rings. The van der Waals surface area contributed by atoms with Crippen molar-refractivity contribution in [2.45, 2.75) is 13.6 Å². The van der Waals surface area contributed by atoms with Crippen LogP contribution in [0.2, 0.25) is 0 Å². The highest BCUT2D eigenvalue weighted by atomic mass is 19.1. The number of fused-ring (bicyclic) bond motifs is 1. The van der Waals surface area contributed by atoms with Crippen LogP contribution in [0.25, 0.3) is 10.8 Å². The van der Waals surface area contributed by atoms with Crippen molar-refractivity contribution in [1.29, 1.82) is 0 Å². The topological polar surface area (TPSA) is 0 Å². The summed E-state index contributed by atoms with van der Waals surface area (Å²) in [5.74, 6) is 0. The summed E-state index contributed by atoms with van der Waals surface area (Å²) < 4.78 is 12.7. The Morgan fingerprint density at radius 3 is 2.62 bits per heavy atom. The number of aryl methyl sites for hydroxylation is 1. The van der Waals surface area contributed by atoms with E-state index in [0.717, 1.165) is 21.9 Å². The van der Waals surface area contributed by atoms with E-state index in [2.05, 4.69) is 0 Å². The second-order valence-corrected chi connectivity index (χ2v) is 3.22. The van der Waals surface area contributed by atoms with E-state index in [0.29, 0.717) is 0 Å². The molecule has 0 atom stereocenters. The fourth-order valence-corrected chi connectivity index (χ4v) is 1.62. The minimum Gasteiger partial charge on any atom is -0.246 e. The number of hydrogen-bond donors (Lipinski definition) is 0. The van der Waals surface area contributed by atoms with Crippen LogP contribution in [-0.2, 0) is 6.67 Å². The number of benzene rings is 2. The molecule has 1 heteroatoms. The van der Waals surface area contributed by atoms with Crippen LogP contribution in [0.1, 0.15) is 11.1 Å². The van der Waals surface area contributed by atoms with Crippen LogP contribution in [0.5, 0.6) is 0 Å². The van der Waals surface area contributed by atoms with Crippen molar-refractivity contribution < 1.29 is 4.39 Å². The van der Waals surface area contributed by atoms with E-state index in [1.165, 1.54) is 0 Å². The lowest BCUT2D eigenvalue weighted by Crippen LogP contribution is -1.87. The Morgan fingerprint density at radius 2 is 1.85 bits per heavy atom. The summed E-state index contributed by atoms with van der Waals surface area (Å²) in [5.41, 5.74) is 1.85. The highest BCUT2D eigenvalue weighted by Gasteiger charge is 2.02. The van der Waals surface area contributed by atoms with Crippen molar-refractivity contribution in [3.05, 3.63) is 47.5 Å². The second kappa shape index (κ2) is 3.17. The molecule has 0 heterocycles. The summed E-state index contributed by atoms with van der Waals surface area (Å²) in [6.45, 7) is 1.56. The Kier molecular flexibility index (Phi) is 2.01. The van der Waals surface area contributed by atoms with Crippen molar-refractivity contribution in [2.24, 2.45) is 0 Å². The van der Waals surface area contributed by atoms with E-state index in [9.17, 15) is 4.39 Å². The fraction of sp³-hybridized carbons (Fsp3) is 0.167. The van der Waals surface area contributed by atoms with Gasteiger partial charge >= 0.3 is 0 Å². The molecule has 2 rings (SSSR count). The van der Waals surface area contributed by atoms with Crippen molar-refractivity contribution in [2.75, 3.05) is 0 Å². The quantitative estimate of drug-likeness (QED) is 0.619. The Balaban J connectivity index is 2.84. The van der Waals surface area contributed by atoms with Gasteiger partial charge in [-0.15, -0.1) is 0 Å². The zero-order valence-corrected chi connectivity index (χ0v) is 7.55. The molecular formula is C12H11F. The van der Waals surface area contributed by atoms with E-state index in [1.54, 1.807) is 0 Å². The molecule has 0 aromatic heterocycles. The van der Waals surface area contributed by atoms with Crippen molar-refractivity contribution in [3.8, 4) is 0 Å². The molecular weight excluding hydrogens is 163 g/mol. The Morgan fingerprint density at radius 1 is 1.08 bits per heavy atom. The minimum atomic E-state index is -0.382. The van der Waals surface area contributed by atoms with Crippen molar-refractivity contribution >= 4 is 10.8 Å². The van der Waals surface area contributed by atoms with Gasteiger partial charge in [0.25, 0.3) is 0 Å². The molecule has 0 N–H and O–H groups in total. The van der Waals surface area contributed by atoms with Crippen LogP contribution in [-0.4, -0.2) is 0 Å². The third kappa shape index (κ3) is 1.31. The van der Waals surface area contributed by atoms with Gasteiger partial charge in [0, 0.05) is 0 Å². The summed E-state index contributed by atoms with van der Waals surface area (Å²) >= 11 is 0. The molecule has 0 spiro atoms. The van der Waals surface area contributed by atoms with Gasteiger partial charge in [-0.1, -0.05) is 36.4 Å². The third-order valence-corrected chi connectivity index (χ3v) is 2.41. The smallest absolute Gasteiger partial charge is 0.115 e. The maximum atomic E-state index is 12.7. The summed E-state index contributed by atoms with van der Waals surface area (Å²) in [7, 11) is 0. The lowest BCUT2D eigenvalue weighted by atomic mass is 10.0. The molecule has 66 valence electrons. The average molecular weight is 174 g/mol. The summed E-state index contributed by atoms with van der Waals surface area (Å²) in [6.07, 6.45) is 0. The first-order valence-corrected chi connectivity index (χ1v) is 4.36. The van der Waals surface area contributed by atoms with Gasteiger partial charge in [-0.2, -0.15) is 0 Å². The maximum absolute atomic E-state index is 12.7. The largest absolute Gasteiger partial charge is 0.246 e. The van der Waals surface area contributed by atoms with Crippen LogP contribution in [0.3, 0.4) is 0 Å². The second-order valence-electron chi connectivity index (χ2n) is 3.22. The molecule has 0 amide bonds. The fourth-order valence-electron chi connectivity index (χ4n) is 1.62. The van der Waals surface area contributed by atoms with Gasteiger partial charge in [-0.3, -0.25) is 0 Å². The zero-order chi connectivity index (χ0) is 9.26. The van der Waals surface area contributed by atoms with Gasteiger partial charge in [0.05, 0.1) is 0 Å². The van der Waals surface area contributed by atoms with Crippen molar-refractivity contribution in [1.82, 2.24) is 0 Å². The van der Waals surface area contributed by atoms with Crippen LogP contribution < -0.4 is 0 Å². The number of rotatable bonds is 1. The first-order chi connectivity index (χ1) is 6.33. The van der Waals surface area contributed by atoms with E-state index in [4.69, 9.17) is 0 Å². The van der Waals surface area contributed by atoms with Crippen LogP contribution in [0, 0.1) is 6.92 Å². The van der Waals surface area contributed by atoms with Gasteiger partial charge in [0.2, 0.25) is 0 Å². The number of alkyl halides is 1. The number of halogens is 1. The van der Waals surface area contributed by atoms with Gasteiger partial charge < -0.3 is 0 Å². The highest BCUT2D eigenvalue weighted by molar-refractivity contribution is 5.86. The lowest BCUT2D eigenvalue weighted by molar-refractivity contribution is 0.486. The number of hydrogen-bond acceptors (Lipinski definition) is 0. The SMILES string of the molecule is Cc1ccc2ccccc2c1CF. The lowest BCUT2D eigenvalue weighted by Gasteiger charge is -2.05. The predicted octanol–water partition coefficient (Wildman–Crippen LogP) is 3.62. The normalized spacial score (nSPS) is 10.6. The molecule has 0 aliphatic carbocycles. The molecule has 13 heavy (non-hydrogen) atoms. The maximum Gasteiger partial charge on any atom is 0.115 e. The van der Waals surface area contributed by atoms with Crippen LogP contribution in [0.4, 0.5) is 4.39 Å². The highest BCUT2D eigenvalue weighted by Crippen LogP contribution is 2.22. The molecule has 0 nitrogen and oxygen atoms in total.